The average molecular weight is 462 g/mol. The standard InChI is InChI=1S/C23H20FN7OS/c1-15-16(2)31(19-10-8-18(24)9-11-19)22(20(15)12-25)26-21(32)14-33-23-27-28-29-30(23)13-17-6-4-3-5-7-17/h3-11H,13-14H2,1-2H3,(H,26,32). The molecule has 2 aromatic heterocycles. The molecule has 0 spiro atoms. The van der Waals surface area contributed by atoms with Crippen molar-refractivity contribution in [3.63, 3.8) is 0 Å². The van der Waals surface area contributed by atoms with Crippen LogP contribution in [0, 0.1) is 31.0 Å². The van der Waals surface area contributed by atoms with Crippen LogP contribution in [0.1, 0.15) is 22.4 Å². The van der Waals surface area contributed by atoms with E-state index in [-0.39, 0.29) is 17.5 Å². The van der Waals surface area contributed by atoms with Crippen LogP contribution in [0.15, 0.2) is 59.8 Å². The molecule has 0 radical (unpaired) electrons. The van der Waals surface area contributed by atoms with Gasteiger partial charge >= 0.3 is 0 Å². The molecule has 0 aliphatic rings. The fraction of sp³-hybridized carbons (Fsp3) is 0.174. The first-order valence-electron chi connectivity index (χ1n) is 10.1. The summed E-state index contributed by atoms with van der Waals surface area (Å²) in [5.74, 6) is -0.275. The molecule has 0 aliphatic carbocycles. The SMILES string of the molecule is Cc1c(C#N)c(NC(=O)CSc2nnnn2Cc2ccccc2)n(-c2ccc(F)cc2)c1C. The quantitative estimate of drug-likeness (QED) is 0.419. The number of hydrogen-bond acceptors (Lipinski definition) is 6. The number of anilines is 1. The van der Waals surface area contributed by atoms with E-state index in [4.69, 9.17) is 0 Å². The number of tetrazole rings is 1. The van der Waals surface area contributed by atoms with Gasteiger partial charge in [-0.15, -0.1) is 5.10 Å². The van der Waals surface area contributed by atoms with Crippen LogP contribution in [0.3, 0.4) is 0 Å². The summed E-state index contributed by atoms with van der Waals surface area (Å²) in [4.78, 5) is 12.8. The lowest BCUT2D eigenvalue weighted by atomic mass is 10.2. The third-order valence-electron chi connectivity index (χ3n) is 5.17. The summed E-state index contributed by atoms with van der Waals surface area (Å²) in [6, 6.07) is 17.8. The van der Waals surface area contributed by atoms with Crippen LogP contribution in [-0.2, 0) is 11.3 Å². The predicted molar refractivity (Wildman–Crippen MR) is 123 cm³/mol. The summed E-state index contributed by atoms with van der Waals surface area (Å²) in [5, 5.41) is 24.8. The minimum atomic E-state index is -0.365. The van der Waals surface area contributed by atoms with Crippen LogP contribution in [-0.4, -0.2) is 36.4 Å². The second-order valence-electron chi connectivity index (χ2n) is 7.30. The zero-order valence-electron chi connectivity index (χ0n) is 18.0. The first-order valence-corrected chi connectivity index (χ1v) is 11.1. The highest BCUT2D eigenvalue weighted by molar-refractivity contribution is 7.99. The molecule has 4 rings (SSSR count). The van der Waals surface area contributed by atoms with E-state index in [2.05, 4.69) is 26.9 Å². The molecule has 0 saturated carbocycles. The number of benzene rings is 2. The number of carbonyl (C=O) groups excluding carboxylic acids is 1. The van der Waals surface area contributed by atoms with E-state index >= 15 is 0 Å². The number of thioether (sulfide) groups is 1. The summed E-state index contributed by atoms with van der Waals surface area (Å²) in [7, 11) is 0. The Morgan fingerprint density at radius 2 is 1.88 bits per heavy atom. The minimum Gasteiger partial charge on any atom is -0.310 e. The van der Waals surface area contributed by atoms with Gasteiger partial charge in [-0.05, 0) is 59.7 Å². The van der Waals surface area contributed by atoms with Crippen molar-refractivity contribution in [3.05, 3.63) is 82.8 Å². The summed E-state index contributed by atoms with van der Waals surface area (Å²) in [6.45, 7) is 4.15. The van der Waals surface area contributed by atoms with E-state index in [1.807, 2.05) is 44.2 Å². The van der Waals surface area contributed by atoms with Crippen LogP contribution in [0.4, 0.5) is 10.2 Å². The molecular formula is C23H20FN7OS. The molecule has 166 valence electrons. The largest absolute Gasteiger partial charge is 0.310 e. The van der Waals surface area contributed by atoms with Gasteiger partial charge in [0.05, 0.1) is 17.9 Å². The minimum absolute atomic E-state index is 0.0483. The van der Waals surface area contributed by atoms with Gasteiger partial charge in [-0.25, -0.2) is 9.07 Å². The van der Waals surface area contributed by atoms with Crippen molar-refractivity contribution in [2.24, 2.45) is 0 Å². The molecule has 33 heavy (non-hydrogen) atoms. The van der Waals surface area contributed by atoms with Gasteiger partial charge < -0.3 is 5.32 Å². The first kappa shape index (κ1) is 22.2. The van der Waals surface area contributed by atoms with Gasteiger partial charge in [-0.3, -0.25) is 9.36 Å². The van der Waals surface area contributed by atoms with Crippen LogP contribution in [0.2, 0.25) is 0 Å². The zero-order chi connectivity index (χ0) is 23.4. The summed E-state index contributed by atoms with van der Waals surface area (Å²) in [6.07, 6.45) is 0. The van der Waals surface area contributed by atoms with E-state index in [1.54, 1.807) is 21.4 Å². The molecule has 0 fully saturated rings. The van der Waals surface area contributed by atoms with Gasteiger partial charge in [0.1, 0.15) is 17.7 Å². The van der Waals surface area contributed by atoms with Crippen molar-refractivity contribution < 1.29 is 9.18 Å². The van der Waals surface area contributed by atoms with E-state index in [1.165, 1.54) is 23.9 Å². The Morgan fingerprint density at radius 1 is 1.15 bits per heavy atom. The Bertz CT molecular complexity index is 1320. The number of carbonyl (C=O) groups is 1. The molecular weight excluding hydrogens is 441 g/mol. The second kappa shape index (κ2) is 9.67. The van der Waals surface area contributed by atoms with E-state index in [0.29, 0.717) is 28.8 Å². The highest BCUT2D eigenvalue weighted by Crippen LogP contribution is 2.30. The summed E-state index contributed by atoms with van der Waals surface area (Å²) < 4.78 is 16.8. The zero-order valence-corrected chi connectivity index (χ0v) is 18.8. The van der Waals surface area contributed by atoms with Crippen molar-refractivity contribution >= 4 is 23.5 Å². The van der Waals surface area contributed by atoms with Crippen LogP contribution >= 0.6 is 11.8 Å². The smallest absolute Gasteiger partial charge is 0.236 e. The monoisotopic (exact) mass is 461 g/mol. The fourth-order valence-electron chi connectivity index (χ4n) is 3.43. The Kier molecular flexibility index (Phi) is 6.51. The number of amides is 1. The molecule has 10 heteroatoms. The number of nitrogens with zero attached hydrogens (tertiary/aromatic N) is 6. The van der Waals surface area contributed by atoms with Crippen LogP contribution in [0.25, 0.3) is 5.69 Å². The maximum atomic E-state index is 13.4. The normalized spacial score (nSPS) is 10.7. The molecule has 0 unspecified atom stereocenters. The molecule has 0 aliphatic heterocycles. The molecule has 2 aromatic carbocycles. The number of nitriles is 1. The molecule has 1 N–H and O–H groups in total. The molecule has 0 saturated heterocycles. The fourth-order valence-corrected chi connectivity index (χ4v) is 4.10. The number of aromatic nitrogens is 5. The van der Waals surface area contributed by atoms with Crippen LogP contribution in [0.5, 0.6) is 0 Å². The lowest BCUT2D eigenvalue weighted by Gasteiger charge is -2.13. The average Bonchev–Trinajstić information content (AvgIpc) is 3.35. The Balaban J connectivity index is 1.52. The van der Waals surface area contributed by atoms with Crippen LogP contribution < -0.4 is 5.32 Å². The Morgan fingerprint density at radius 3 is 2.58 bits per heavy atom. The van der Waals surface area contributed by atoms with Gasteiger partial charge in [0.2, 0.25) is 11.1 Å². The molecule has 1 amide bonds. The lowest BCUT2D eigenvalue weighted by molar-refractivity contribution is -0.113. The number of halogens is 1. The topological polar surface area (TPSA) is 101 Å². The van der Waals surface area contributed by atoms with Gasteiger partial charge in [-0.2, -0.15) is 5.26 Å². The van der Waals surface area contributed by atoms with Gasteiger partial charge in [0, 0.05) is 11.4 Å². The third kappa shape index (κ3) is 4.78. The predicted octanol–water partition coefficient (Wildman–Crippen LogP) is 3.87. The van der Waals surface area contributed by atoms with E-state index in [9.17, 15) is 14.4 Å². The van der Waals surface area contributed by atoms with Gasteiger partial charge in [0.25, 0.3) is 0 Å². The van der Waals surface area contributed by atoms with Crippen molar-refractivity contribution in [2.45, 2.75) is 25.5 Å². The summed E-state index contributed by atoms with van der Waals surface area (Å²) in [5.41, 5.74) is 3.58. The van der Waals surface area contributed by atoms with Crippen molar-refractivity contribution in [3.8, 4) is 11.8 Å². The number of hydrogen-bond donors (Lipinski definition) is 1. The van der Waals surface area contributed by atoms with Crippen molar-refractivity contribution in [1.82, 2.24) is 24.8 Å². The number of rotatable bonds is 7. The highest BCUT2D eigenvalue weighted by Gasteiger charge is 2.21. The molecule has 0 bridgehead atoms. The van der Waals surface area contributed by atoms with E-state index < -0.39 is 0 Å². The third-order valence-corrected chi connectivity index (χ3v) is 6.13. The van der Waals surface area contributed by atoms with Crippen molar-refractivity contribution in [1.29, 1.82) is 5.26 Å². The maximum Gasteiger partial charge on any atom is 0.236 e. The molecule has 8 nitrogen and oxygen atoms in total. The maximum absolute atomic E-state index is 13.4. The summed E-state index contributed by atoms with van der Waals surface area (Å²) >= 11 is 1.20. The molecule has 0 atom stereocenters. The highest BCUT2D eigenvalue weighted by atomic mass is 32.2. The Labute approximate surface area is 194 Å². The Hall–Kier alpha value is -3.97. The van der Waals surface area contributed by atoms with E-state index in [0.717, 1.165) is 16.8 Å². The lowest BCUT2D eigenvalue weighted by Crippen LogP contribution is -2.18. The molecule has 2 heterocycles. The number of nitrogens with one attached hydrogen (secondary N) is 1. The van der Waals surface area contributed by atoms with Gasteiger partial charge in [-0.1, -0.05) is 42.1 Å². The van der Waals surface area contributed by atoms with Gasteiger partial charge in [0.15, 0.2) is 0 Å². The van der Waals surface area contributed by atoms with Crippen molar-refractivity contribution in [2.75, 3.05) is 11.1 Å². The second-order valence-corrected chi connectivity index (χ2v) is 8.24. The molecule has 4 aromatic rings. The first-order chi connectivity index (χ1) is 16.0.